The number of hydrogen-bond donors (Lipinski definition) is 31. The molecule has 0 spiro atoms. The van der Waals surface area contributed by atoms with Gasteiger partial charge in [0.15, 0.2) is 49.9 Å². The molecular weight excluding hydrogens is 1120 g/mol. The zero-order valence-corrected chi connectivity index (χ0v) is 43.1. The van der Waals surface area contributed by atoms with Crippen LogP contribution >= 0.6 is 0 Å². The van der Waals surface area contributed by atoms with Gasteiger partial charge in [0.25, 0.3) is 0 Å². The number of hydroxylamine groups is 1. The number of aliphatic hydroxyl groups excluding tert-OH is 24. The number of ether oxygens (including phenoxy) is 6. The third-order valence-electron chi connectivity index (χ3n) is 12.5. The first kappa shape index (κ1) is 76.5. The minimum absolute atomic E-state index is 0.462. The monoisotopic (exact) mass is 1210 g/mol. The van der Waals surface area contributed by atoms with E-state index in [0.717, 1.165) is 0 Å². The van der Waals surface area contributed by atoms with Crippen LogP contribution in [-0.4, -0.2) is 363 Å². The Balaban J connectivity index is 0.000000487. The molecule has 0 aromatic carbocycles. The predicted octanol–water partition coefficient (Wildman–Crippen LogP) is -19.3. The second kappa shape index (κ2) is 37.1. The Morgan fingerprint density at radius 3 is 0.827 bits per heavy atom. The highest BCUT2D eigenvalue weighted by molar-refractivity contribution is 5.73. The van der Waals surface area contributed by atoms with Gasteiger partial charge in [-0.25, -0.2) is 11.8 Å². The Labute approximate surface area is 458 Å². The summed E-state index contributed by atoms with van der Waals surface area (Å²) in [5.41, 5.74) is 6.87. The quantitative estimate of drug-likeness (QED) is 0.0854. The van der Waals surface area contributed by atoms with Crippen LogP contribution in [0, 0.1) is 0 Å². The average Bonchev–Trinajstić information content (AvgIpc) is 3.43. The van der Waals surface area contributed by atoms with Crippen molar-refractivity contribution in [2.24, 2.45) is 17.5 Å². The maximum atomic E-state index is 10.7. The van der Waals surface area contributed by atoms with E-state index < -0.39 is 235 Å². The second-order valence-corrected chi connectivity index (χ2v) is 18.3. The lowest BCUT2D eigenvalue weighted by atomic mass is 9.97. The van der Waals surface area contributed by atoms with E-state index >= 15 is 0 Å². The first-order chi connectivity index (χ1) is 37.8. The van der Waals surface area contributed by atoms with Crippen LogP contribution < -0.4 is 33.6 Å². The Morgan fingerprint density at radius 2 is 0.580 bits per heavy atom. The third-order valence-corrected chi connectivity index (χ3v) is 12.5. The van der Waals surface area contributed by atoms with Gasteiger partial charge in [-0.2, -0.15) is 5.48 Å². The van der Waals surface area contributed by atoms with Crippen molar-refractivity contribution in [1.29, 1.82) is 0 Å². The van der Waals surface area contributed by atoms with Gasteiger partial charge in [0.1, 0.15) is 128 Å². The summed E-state index contributed by atoms with van der Waals surface area (Å²) in [6.07, 6.45) is -33.4. The van der Waals surface area contributed by atoms with Crippen LogP contribution in [0.25, 0.3) is 0 Å². The molecule has 6 aliphatic heterocycles. The second-order valence-electron chi connectivity index (χ2n) is 18.3. The van der Waals surface area contributed by atoms with Crippen molar-refractivity contribution in [2.75, 3.05) is 39.6 Å². The summed E-state index contributed by atoms with van der Waals surface area (Å²) < 4.78 is 28.4. The first-order valence-corrected chi connectivity index (χ1v) is 24.1. The molecule has 6 aliphatic rings. The van der Waals surface area contributed by atoms with Gasteiger partial charge in [-0.3, -0.25) is 19.3 Å². The van der Waals surface area contributed by atoms with Crippen LogP contribution in [0.3, 0.4) is 0 Å². The van der Waals surface area contributed by atoms with E-state index in [1.807, 2.05) is 0 Å². The molecule has 34 N–H and O–H groups in total. The molecule has 0 saturated carbocycles. The van der Waals surface area contributed by atoms with Gasteiger partial charge in [0, 0.05) is 13.8 Å². The van der Waals surface area contributed by atoms with Crippen molar-refractivity contribution in [2.45, 2.75) is 198 Å². The molecule has 7 unspecified atom stereocenters. The lowest BCUT2D eigenvalue weighted by Gasteiger charge is -2.40. The van der Waals surface area contributed by atoms with E-state index in [1.165, 1.54) is 13.8 Å². The van der Waals surface area contributed by atoms with Crippen molar-refractivity contribution >= 4 is 11.8 Å². The summed E-state index contributed by atoms with van der Waals surface area (Å²) in [6.45, 7) is -0.632. The van der Waals surface area contributed by atoms with Crippen LogP contribution in [0.2, 0.25) is 0 Å². The van der Waals surface area contributed by atoms with Gasteiger partial charge in [-0.05, 0) is 0 Å². The molecule has 81 heavy (non-hydrogen) atoms. The van der Waals surface area contributed by atoms with Crippen LogP contribution in [0.4, 0.5) is 0 Å². The molecule has 30 atom stereocenters. The van der Waals surface area contributed by atoms with Crippen LogP contribution in [0.15, 0.2) is 0 Å². The standard InChI is InChI=1S/2C8H15NO6.3C6H13NO6.C6H13NO5/c2*1-3(11)9-5-7(13)6(12)4(2-10)15-8(5)14;8-1-2-4(9)5(10)3(7-12)6(11)13-2;2*7-13-5-4(10)3(9)2(1-8)12-6(5)11;7-3-5(10)4(9)2(1-8)12-6(3)11/h2*4-8,10,12-14H,2H2,1H3,(H,9,11);2-12H,1H2;2*2-6,8-11H,1,7H2;2-6,8-11H,1,7H2/t4-,5?,6-,7-,8?;4-,5-,6-,7-,8?;2-,3-,4-,5-,6?;2-,3-,4+,5+,6?;2-,3-,4+,5-,6?;2-,3+,4-,5-,6?/m111111/s1. The van der Waals surface area contributed by atoms with E-state index in [0.29, 0.717) is 0 Å². The average molecular weight is 1210 g/mol. The molecule has 6 saturated heterocycles. The number of hydrogen-bond acceptors (Lipinski definition) is 39. The summed E-state index contributed by atoms with van der Waals surface area (Å²) in [4.78, 5) is 29.9. The van der Waals surface area contributed by atoms with Gasteiger partial charge in [0.2, 0.25) is 11.8 Å². The van der Waals surface area contributed by atoms with Gasteiger partial charge in [0.05, 0.1) is 45.7 Å². The highest BCUT2D eigenvalue weighted by atomic mass is 16.7. The molecule has 6 heterocycles. The number of nitrogens with one attached hydrogen (secondary N) is 3. The zero-order valence-electron chi connectivity index (χ0n) is 43.1. The number of nitrogens with two attached hydrogens (primary N) is 3. The van der Waals surface area contributed by atoms with Crippen molar-refractivity contribution in [3.05, 3.63) is 0 Å². The summed E-state index contributed by atoms with van der Waals surface area (Å²) in [5, 5.41) is 232. The number of rotatable bonds is 11. The largest absolute Gasteiger partial charge is 0.394 e. The van der Waals surface area contributed by atoms with Crippen molar-refractivity contribution < 1.29 is 175 Å². The smallest absolute Gasteiger partial charge is 0.217 e. The molecular formula is C40H82N6O35. The van der Waals surface area contributed by atoms with Gasteiger partial charge in [-0.15, -0.1) is 0 Å². The number of carbonyl (C=O) groups excluding carboxylic acids is 2. The molecule has 482 valence electrons. The van der Waals surface area contributed by atoms with Gasteiger partial charge >= 0.3 is 0 Å². The highest BCUT2D eigenvalue weighted by Crippen LogP contribution is 2.24. The summed E-state index contributed by atoms with van der Waals surface area (Å²) in [7, 11) is 0. The summed E-state index contributed by atoms with van der Waals surface area (Å²) in [5.74, 6) is 8.60. The Bertz CT molecular complexity index is 1600. The van der Waals surface area contributed by atoms with E-state index in [1.54, 1.807) is 5.48 Å². The minimum Gasteiger partial charge on any atom is -0.394 e. The molecule has 0 aromatic heterocycles. The van der Waals surface area contributed by atoms with E-state index in [2.05, 4.69) is 20.3 Å². The lowest BCUT2D eigenvalue weighted by molar-refractivity contribution is -0.297. The van der Waals surface area contributed by atoms with Crippen LogP contribution in [-0.2, 0) is 47.7 Å². The van der Waals surface area contributed by atoms with Crippen molar-refractivity contribution in [3.63, 3.8) is 0 Å². The minimum atomic E-state index is -1.47. The molecule has 0 aliphatic carbocycles. The molecule has 6 rings (SSSR count). The van der Waals surface area contributed by atoms with Crippen LogP contribution in [0.5, 0.6) is 0 Å². The number of aliphatic hydroxyl groups is 24. The zero-order chi connectivity index (χ0) is 62.5. The Kier molecular flexibility index (Phi) is 35.0. The third kappa shape index (κ3) is 21.4. The fourth-order valence-electron chi connectivity index (χ4n) is 7.77. The topological polar surface area (TPSA) is 728 Å². The number of amides is 2. The van der Waals surface area contributed by atoms with Crippen molar-refractivity contribution in [3.8, 4) is 0 Å². The normalized spacial score (nSPS) is 44.9. The summed E-state index contributed by atoms with van der Waals surface area (Å²) >= 11 is 0. The fraction of sp³-hybridized carbons (Fsp3) is 0.950. The van der Waals surface area contributed by atoms with E-state index in [-0.39, 0.29) is 0 Å². The molecule has 0 radical (unpaired) electrons. The molecule has 2 amide bonds. The predicted molar refractivity (Wildman–Crippen MR) is 250 cm³/mol. The van der Waals surface area contributed by atoms with Gasteiger partial charge in [-0.1, -0.05) is 0 Å². The van der Waals surface area contributed by atoms with E-state index in [9.17, 15) is 81.1 Å². The van der Waals surface area contributed by atoms with Gasteiger partial charge < -0.3 is 173 Å². The maximum Gasteiger partial charge on any atom is 0.217 e. The fourth-order valence-corrected chi connectivity index (χ4v) is 7.77. The molecule has 6 fully saturated rings. The SMILES string of the molecule is CC(=O)NC1C(O)O[C@H](CO)[C@@H](O)[C@@H]1O.CC(=O)N[C@H]1C(O)O[C@H](CO)[C@@H](O)[C@@H]1O.NO[C@@H]1C(O)O[C@H](CO)[C@@H](O)[C@@H]1O.NO[C@H]1C(O)O[C@H](CO)[C@@H](O)[C@@H]1O.N[C@@H]1C(O)O[C@H](CO)[C@@H](O)[C@@H]1O.OC[C@H]1OC(O)[C@H](NO)[C@@H](O)[C@@H]1O. The first-order valence-electron chi connectivity index (χ1n) is 24.1. The summed E-state index contributed by atoms with van der Waals surface area (Å²) in [6, 6.07) is -4.42. The maximum absolute atomic E-state index is 10.7. The molecule has 41 nitrogen and oxygen atoms in total. The highest BCUT2D eigenvalue weighted by Gasteiger charge is 2.48. The molecule has 41 heteroatoms. The Morgan fingerprint density at radius 1 is 0.358 bits per heavy atom. The van der Waals surface area contributed by atoms with E-state index in [4.69, 9.17) is 102 Å². The Hall–Kier alpha value is -2.54. The molecule has 0 aromatic rings. The molecule has 0 bridgehead atoms. The lowest BCUT2D eigenvalue weighted by Crippen LogP contribution is -2.63. The van der Waals surface area contributed by atoms with Crippen molar-refractivity contribution in [1.82, 2.24) is 16.1 Å². The van der Waals surface area contributed by atoms with Crippen LogP contribution in [0.1, 0.15) is 13.8 Å². The number of carbonyl (C=O) groups is 2.